The Hall–Kier alpha value is -2.41. The Labute approximate surface area is 134 Å². The van der Waals surface area contributed by atoms with Crippen LogP contribution < -0.4 is 10.0 Å². The number of nitrogens with one attached hydrogen (secondary N) is 2. The molecule has 122 valence electrons. The summed E-state index contributed by atoms with van der Waals surface area (Å²) in [4.78, 5) is 11.4. The highest BCUT2D eigenvalue weighted by atomic mass is 32.2. The first-order chi connectivity index (χ1) is 10.8. The molecule has 0 atom stereocenters. The van der Waals surface area contributed by atoms with Gasteiger partial charge in [-0.25, -0.2) is 12.8 Å². The molecule has 0 unspecified atom stereocenters. The van der Waals surface area contributed by atoms with Crippen LogP contribution in [0.3, 0.4) is 0 Å². The number of halogens is 1. The molecule has 2 aromatic carbocycles. The second-order valence-corrected chi connectivity index (χ2v) is 6.76. The third-order valence-electron chi connectivity index (χ3n) is 3.22. The summed E-state index contributed by atoms with van der Waals surface area (Å²) in [5.74, 6) is -0.859. The molecule has 23 heavy (non-hydrogen) atoms. The molecule has 1 amide bonds. The highest BCUT2D eigenvalue weighted by Crippen LogP contribution is 2.22. The maximum Gasteiger partial charge on any atom is 0.262 e. The first-order valence-electron chi connectivity index (χ1n) is 6.90. The number of para-hydroxylation sites is 1. The number of hydrogen-bond donors (Lipinski definition) is 2. The van der Waals surface area contributed by atoms with Crippen LogP contribution in [0.25, 0.3) is 0 Å². The Morgan fingerprint density at radius 3 is 2.52 bits per heavy atom. The van der Waals surface area contributed by atoms with E-state index in [1.165, 1.54) is 19.2 Å². The molecule has 0 aliphatic carbocycles. The Morgan fingerprint density at radius 2 is 1.87 bits per heavy atom. The van der Waals surface area contributed by atoms with Crippen LogP contribution in [-0.4, -0.2) is 21.4 Å². The predicted octanol–water partition coefficient (Wildman–Crippen LogP) is 2.22. The van der Waals surface area contributed by atoms with Crippen LogP contribution in [0.15, 0.2) is 47.4 Å². The summed E-state index contributed by atoms with van der Waals surface area (Å²) in [6.07, 6.45) is 0.0391. The second kappa shape index (κ2) is 6.78. The number of rotatable bonds is 5. The molecule has 2 aromatic rings. The first-order valence-corrected chi connectivity index (χ1v) is 8.38. The fourth-order valence-electron chi connectivity index (χ4n) is 2.10. The number of anilines is 1. The van der Waals surface area contributed by atoms with E-state index in [1.807, 2.05) is 0 Å². The predicted molar refractivity (Wildman–Crippen MR) is 86.2 cm³/mol. The maximum atomic E-state index is 13.4. The summed E-state index contributed by atoms with van der Waals surface area (Å²) >= 11 is 0. The summed E-state index contributed by atoms with van der Waals surface area (Å²) in [6.45, 7) is 1.61. The van der Waals surface area contributed by atoms with Crippen molar-refractivity contribution < 1.29 is 17.6 Å². The third-order valence-corrected chi connectivity index (χ3v) is 4.56. The van der Waals surface area contributed by atoms with Gasteiger partial charge in [0.1, 0.15) is 5.82 Å². The van der Waals surface area contributed by atoms with Crippen LogP contribution in [-0.2, 0) is 21.2 Å². The van der Waals surface area contributed by atoms with Crippen molar-refractivity contribution in [1.29, 1.82) is 0 Å². The first kappa shape index (κ1) is 17.0. The number of hydrogen-bond acceptors (Lipinski definition) is 3. The van der Waals surface area contributed by atoms with Gasteiger partial charge in [-0.2, -0.15) is 0 Å². The van der Waals surface area contributed by atoms with Crippen molar-refractivity contribution in [2.75, 3.05) is 11.8 Å². The summed E-state index contributed by atoms with van der Waals surface area (Å²) in [6, 6.07) is 10.2. The van der Waals surface area contributed by atoms with Crippen molar-refractivity contribution in [3.63, 3.8) is 0 Å². The van der Waals surface area contributed by atoms with Gasteiger partial charge in [0, 0.05) is 7.05 Å². The van der Waals surface area contributed by atoms with Crippen LogP contribution in [0.1, 0.15) is 11.1 Å². The molecule has 0 saturated carbocycles. The molecule has 7 heteroatoms. The smallest absolute Gasteiger partial charge is 0.262 e. The van der Waals surface area contributed by atoms with E-state index in [-0.39, 0.29) is 22.9 Å². The van der Waals surface area contributed by atoms with Crippen molar-refractivity contribution in [3.05, 3.63) is 59.4 Å². The van der Waals surface area contributed by atoms with Crippen molar-refractivity contribution >= 4 is 21.6 Å². The Bertz CT molecular complexity index is 815. The van der Waals surface area contributed by atoms with E-state index >= 15 is 0 Å². The average Bonchev–Trinajstić information content (AvgIpc) is 2.48. The highest BCUT2D eigenvalue weighted by Gasteiger charge is 2.18. The molecule has 0 heterocycles. The van der Waals surface area contributed by atoms with Gasteiger partial charge in [-0.05, 0) is 42.3 Å². The van der Waals surface area contributed by atoms with E-state index in [4.69, 9.17) is 0 Å². The molecule has 0 fully saturated rings. The van der Waals surface area contributed by atoms with Crippen LogP contribution in [0.5, 0.6) is 0 Å². The van der Waals surface area contributed by atoms with E-state index in [2.05, 4.69) is 10.0 Å². The number of sulfonamides is 1. The Balaban J connectivity index is 2.36. The van der Waals surface area contributed by atoms with Crippen LogP contribution in [0.2, 0.25) is 0 Å². The monoisotopic (exact) mass is 336 g/mol. The molecule has 0 aromatic heterocycles. The van der Waals surface area contributed by atoms with Gasteiger partial charge in [0.2, 0.25) is 5.91 Å². The standard InChI is InChI=1S/C16H17FN2O3S/c1-11-7-13(17)10-14(8-11)23(21,22)19-15-6-4-3-5-12(15)9-16(20)18-2/h3-8,10,19H,9H2,1-2H3,(H,18,20). The number of likely N-dealkylation sites (N-methyl/N-ethyl adjacent to an activating group) is 1. The molecular formula is C16H17FN2O3S. The lowest BCUT2D eigenvalue weighted by Crippen LogP contribution is -2.21. The van der Waals surface area contributed by atoms with E-state index < -0.39 is 15.8 Å². The zero-order chi connectivity index (χ0) is 17.0. The SMILES string of the molecule is CNC(=O)Cc1ccccc1NS(=O)(=O)c1cc(C)cc(F)c1. The fourth-order valence-corrected chi connectivity index (χ4v) is 3.31. The van der Waals surface area contributed by atoms with Gasteiger partial charge in [-0.1, -0.05) is 18.2 Å². The van der Waals surface area contributed by atoms with Crippen molar-refractivity contribution in [2.45, 2.75) is 18.2 Å². The largest absolute Gasteiger partial charge is 0.359 e. The summed E-state index contributed by atoms with van der Waals surface area (Å²) in [5, 5.41) is 2.48. The van der Waals surface area contributed by atoms with Crippen molar-refractivity contribution in [2.24, 2.45) is 0 Å². The summed E-state index contributed by atoms with van der Waals surface area (Å²) in [5.41, 5.74) is 1.32. The van der Waals surface area contributed by atoms with E-state index in [9.17, 15) is 17.6 Å². The van der Waals surface area contributed by atoms with Crippen molar-refractivity contribution in [3.8, 4) is 0 Å². The molecule has 5 nitrogen and oxygen atoms in total. The molecule has 0 aliphatic heterocycles. The average molecular weight is 336 g/mol. The molecular weight excluding hydrogens is 319 g/mol. The lowest BCUT2D eigenvalue weighted by molar-refractivity contribution is -0.119. The van der Waals surface area contributed by atoms with E-state index in [0.717, 1.165) is 6.07 Å². The molecule has 0 saturated heterocycles. The number of carbonyl (C=O) groups excluding carboxylic acids is 1. The fraction of sp³-hybridized carbons (Fsp3) is 0.188. The summed E-state index contributed by atoms with van der Waals surface area (Å²) in [7, 11) is -2.44. The number of amides is 1. The molecule has 0 aliphatic rings. The maximum absolute atomic E-state index is 13.4. The van der Waals surface area contributed by atoms with Gasteiger partial charge in [0.15, 0.2) is 0 Å². The molecule has 0 radical (unpaired) electrons. The molecule has 0 bridgehead atoms. The lowest BCUT2D eigenvalue weighted by Gasteiger charge is -2.13. The normalized spacial score (nSPS) is 11.1. The van der Waals surface area contributed by atoms with Crippen LogP contribution >= 0.6 is 0 Å². The number of aryl methyl sites for hydroxylation is 1. The highest BCUT2D eigenvalue weighted by molar-refractivity contribution is 7.92. The summed E-state index contributed by atoms with van der Waals surface area (Å²) < 4.78 is 40.7. The lowest BCUT2D eigenvalue weighted by atomic mass is 10.1. The molecule has 0 spiro atoms. The van der Waals surface area contributed by atoms with Gasteiger partial charge < -0.3 is 5.32 Å². The zero-order valence-corrected chi connectivity index (χ0v) is 13.6. The Kier molecular flexibility index (Phi) is 5.00. The minimum Gasteiger partial charge on any atom is -0.359 e. The van der Waals surface area contributed by atoms with Gasteiger partial charge in [0.05, 0.1) is 17.0 Å². The number of carbonyl (C=O) groups is 1. The molecule has 2 rings (SSSR count). The topological polar surface area (TPSA) is 75.3 Å². The number of benzene rings is 2. The zero-order valence-electron chi connectivity index (χ0n) is 12.8. The van der Waals surface area contributed by atoms with Crippen LogP contribution in [0, 0.1) is 12.7 Å². The Morgan fingerprint density at radius 1 is 1.17 bits per heavy atom. The van der Waals surface area contributed by atoms with Gasteiger partial charge in [0.25, 0.3) is 10.0 Å². The minimum absolute atomic E-state index is 0.0391. The van der Waals surface area contributed by atoms with E-state index in [1.54, 1.807) is 31.2 Å². The minimum atomic E-state index is -3.95. The van der Waals surface area contributed by atoms with Crippen molar-refractivity contribution in [1.82, 2.24) is 5.32 Å². The molecule has 2 N–H and O–H groups in total. The van der Waals surface area contributed by atoms with Crippen LogP contribution in [0.4, 0.5) is 10.1 Å². The van der Waals surface area contributed by atoms with Gasteiger partial charge in [-0.3, -0.25) is 9.52 Å². The third kappa shape index (κ3) is 4.29. The quantitative estimate of drug-likeness (QED) is 0.879. The second-order valence-electron chi connectivity index (χ2n) is 5.08. The van der Waals surface area contributed by atoms with E-state index in [0.29, 0.717) is 11.1 Å². The van der Waals surface area contributed by atoms with Gasteiger partial charge >= 0.3 is 0 Å². The van der Waals surface area contributed by atoms with Gasteiger partial charge in [-0.15, -0.1) is 0 Å².